The van der Waals surface area contributed by atoms with Crippen LogP contribution in [0, 0.1) is 11.6 Å². The van der Waals surface area contributed by atoms with Crippen molar-refractivity contribution in [2.45, 2.75) is 38.7 Å². The van der Waals surface area contributed by atoms with Crippen molar-refractivity contribution in [2.75, 3.05) is 6.61 Å². The van der Waals surface area contributed by atoms with Gasteiger partial charge in [-0.25, -0.2) is 8.78 Å². The first-order valence-corrected chi connectivity index (χ1v) is 9.38. The predicted octanol–water partition coefficient (Wildman–Crippen LogP) is -2.28. The maximum absolute atomic E-state index is 13.7. The van der Waals surface area contributed by atoms with E-state index in [2.05, 4.69) is 5.32 Å². The van der Waals surface area contributed by atoms with E-state index < -0.39 is 46.4 Å². The summed E-state index contributed by atoms with van der Waals surface area (Å²) < 4.78 is 33.6. The number of aromatic nitrogens is 1. The molecular weight excluding hydrogens is 423 g/mol. The average Bonchev–Trinajstić information content (AvgIpc) is 2.69. The normalized spacial score (nSPS) is 19.8. The summed E-state index contributed by atoms with van der Waals surface area (Å²) in [7, 11) is 0. The van der Waals surface area contributed by atoms with E-state index in [0.29, 0.717) is 19.1 Å². The van der Waals surface area contributed by atoms with Crippen LogP contribution in [0.5, 0.6) is 5.75 Å². The molecule has 4 rings (SSSR count). The Balaban J connectivity index is 0.00000272. The van der Waals surface area contributed by atoms with Gasteiger partial charge in [-0.3, -0.25) is 14.4 Å². The van der Waals surface area contributed by atoms with Crippen LogP contribution in [0.4, 0.5) is 8.78 Å². The molecule has 158 valence electrons. The maximum atomic E-state index is 13.7. The number of carbonyl (C=O) groups is 2. The summed E-state index contributed by atoms with van der Waals surface area (Å²) in [5, 5.41) is 14.9. The molecule has 0 spiro atoms. The van der Waals surface area contributed by atoms with E-state index in [-0.39, 0.29) is 59.9 Å². The van der Waals surface area contributed by atoms with Crippen molar-refractivity contribution < 1.29 is 57.8 Å². The van der Waals surface area contributed by atoms with Crippen LogP contribution in [0.15, 0.2) is 29.2 Å². The van der Waals surface area contributed by atoms with Crippen LogP contribution >= 0.6 is 0 Å². The molecule has 0 aliphatic carbocycles. The zero-order valence-electron chi connectivity index (χ0n) is 17.0. The topological polar surface area (TPSA) is 104 Å². The number of nitrogens with one attached hydrogen (secondary N) is 1. The number of ether oxygens (including phenoxy) is 1. The molecule has 2 atom stereocenters. The number of carbonyl (C=O) groups excluding carboxylic acids is 2. The maximum Gasteiger partial charge on any atom is 1.00 e. The first-order valence-electron chi connectivity index (χ1n) is 9.38. The van der Waals surface area contributed by atoms with Crippen molar-refractivity contribution in [1.29, 1.82) is 0 Å². The van der Waals surface area contributed by atoms with E-state index in [1.807, 2.05) is 6.92 Å². The molecule has 3 heterocycles. The molecule has 0 saturated carbocycles. The van der Waals surface area contributed by atoms with Gasteiger partial charge in [-0.15, -0.1) is 0 Å². The number of amides is 2. The number of hydrogen-bond acceptors (Lipinski definition) is 5. The quantitative estimate of drug-likeness (QED) is 0.541. The largest absolute Gasteiger partial charge is 1.00 e. The van der Waals surface area contributed by atoms with E-state index in [1.165, 1.54) is 15.5 Å². The first kappa shape index (κ1) is 23.4. The van der Waals surface area contributed by atoms with Gasteiger partial charge in [0.1, 0.15) is 22.9 Å². The van der Waals surface area contributed by atoms with Crippen molar-refractivity contribution in [3.8, 4) is 5.75 Å². The third-order valence-corrected chi connectivity index (χ3v) is 5.36. The minimum atomic E-state index is -1.12. The van der Waals surface area contributed by atoms with Gasteiger partial charge in [0, 0.05) is 30.4 Å². The van der Waals surface area contributed by atoms with Crippen molar-refractivity contribution >= 4 is 11.8 Å². The summed E-state index contributed by atoms with van der Waals surface area (Å²) in [5.74, 6) is -4.19. The minimum absolute atomic E-state index is 0. The minimum Gasteiger partial charge on any atom is -0.868 e. The molecule has 8 nitrogen and oxygen atoms in total. The third-order valence-electron chi connectivity index (χ3n) is 5.36. The van der Waals surface area contributed by atoms with Gasteiger partial charge in [0.05, 0.1) is 13.2 Å². The fraction of sp³-hybridized carbons (Fsp3) is 0.350. The molecule has 2 aliphatic heterocycles. The van der Waals surface area contributed by atoms with Crippen molar-refractivity contribution in [3.05, 3.63) is 63.1 Å². The summed E-state index contributed by atoms with van der Waals surface area (Å²) in [4.78, 5) is 39.2. The molecule has 2 aromatic rings. The van der Waals surface area contributed by atoms with Crippen LogP contribution < -0.4 is 45.4 Å². The zero-order valence-corrected chi connectivity index (χ0v) is 19.0. The second-order valence-corrected chi connectivity index (χ2v) is 7.30. The summed E-state index contributed by atoms with van der Waals surface area (Å²) in [5.41, 5.74) is -1.87. The Morgan fingerprint density at radius 3 is 2.77 bits per heavy atom. The second kappa shape index (κ2) is 9.07. The predicted molar refractivity (Wildman–Crippen MR) is 97.7 cm³/mol. The molecule has 11 heteroatoms. The Kier molecular flexibility index (Phi) is 6.85. The second-order valence-electron chi connectivity index (χ2n) is 7.30. The van der Waals surface area contributed by atoms with Crippen molar-refractivity contribution in [3.63, 3.8) is 0 Å². The fourth-order valence-electron chi connectivity index (χ4n) is 3.74. The van der Waals surface area contributed by atoms with Crippen LogP contribution in [-0.2, 0) is 17.8 Å². The van der Waals surface area contributed by atoms with E-state index in [9.17, 15) is 28.3 Å². The molecular formula is C20H18F2N3NaO5. The molecule has 1 unspecified atom stereocenters. The van der Waals surface area contributed by atoms with Crippen LogP contribution in [0.1, 0.15) is 39.8 Å². The molecule has 1 saturated heterocycles. The number of rotatable bonds is 3. The average molecular weight is 441 g/mol. The zero-order chi connectivity index (χ0) is 21.6. The fourth-order valence-corrected chi connectivity index (χ4v) is 3.74. The number of halogens is 2. The molecule has 1 N–H and O–H groups in total. The standard InChI is InChI=1S/C20H19F2N3O5.Na/c1-10-4-5-30-15-9-24-8-13(17(26)18(27)16(24)20(29)25(10)15)19(28)23-7-11-2-3-12(21)6-14(11)22;/h2-3,6,8,10,15,27H,4-5,7,9H2,1H3,(H,23,28);/q;+1/p-1/t10?,15-;/m1./s1. The Labute approximate surface area is 198 Å². The van der Waals surface area contributed by atoms with E-state index in [4.69, 9.17) is 4.74 Å². The van der Waals surface area contributed by atoms with Gasteiger partial charge in [0.15, 0.2) is 11.7 Å². The van der Waals surface area contributed by atoms with E-state index >= 15 is 0 Å². The molecule has 31 heavy (non-hydrogen) atoms. The van der Waals surface area contributed by atoms with Crippen LogP contribution in [0.2, 0.25) is 0 Å². The summed E-state index contributed by atoms with van der Waals surface area (Å²) in [6, 6.07) is 2.73. The van der Waals surface area contributed by atoms with Gasteiger partial charge in [0.2, 0.25) is 0 Å². The van der Waals surface area contributed by atoms with Crippen LogP contribution in [0.25, 0.3) is 0 Å². The van der Waals surface area contributed by atoms with Gasteiger partial charge in [0.25, 0.3) is 11.8 Å². The van der Waals surface area contributed by atoms with Crippen LogP contribution in [0.3, 0.4) is 0 Å². The van der Waals surface area contributed by atoms with E-state index in [1.54, 1.807) is 0 Å². The molecule has 1 fully saturated rings. The molecule has 1 aromatic heterocycles. The van der Waals surface area contributed by atoms with Crippen molar-refractivity contribution in [2.24, 2.45) is 0 Å². The molecule has 2 amide bonds. The van der Waals surface area contributed by atoms with Crippen LogP contribution in [-0.4, -0.2) is 40.2 Å². The van der Waals surface area contributed by atoms with Gasteiger partial charge in [-0.2, -0.15) is 0 Å². The molecule has 1 aromatic carbocycles. The number of benzene rings is 1. The molecule has 2 aliphatic rings. The third kappa shape index (κ3) is 4.25. The van der Waals surface area contributed by atoms with Gasteiger partial charge >= 0.3 is 29.6 Å². The number of nitrogens with zero attached hydrogens (tertiary/aromatic N) is 2. The summed E-state index contributed by atoms with van der Waals surface area (Å²) in [6.07, 6.45) is 1.16. The van der Waals surface area contributed by atoms with Gasteiger partial charge in [-0.05, 0) is 25.2 Å². The Morgan fingerprint density at radius 2 is 2.06 bits per heavy atom. The van der Waals surface area contributed by atoms with Crippen molar-refractivity contribution in [1.82, 2.24) is 14.8 Å². The smallest absolute Gasteiger partial charge is 0.868 e. The SMILES string of the molecule is CC1CCO[C@@H]2Cn3cc(C(=O)NCc4ccc(F)cc4F)c(=O)c([O-])c3C(=O)N12.[Na+]. The Morgan fingerprint density at radius 1 is 1.32 bits per heavy atom. The Bertz CT molecular complexity index is 1110. The molecule has 0 radical (unpaired) electrons. The number of fused-ring (bicyclic) bond motifs is 2. The Hall–Kier alpha value is -2.27. The number of pyridine rings is 1. The van der Waals surface area contributed by atoms with Gasteiger partial charge in [-0.1, -0.05) is 6.07 Å². The monoisotopic (exact) mass is 441 g/mol. The van der Waals surface area contributed by atoms with E-state index in [0.717, 1.165) is 12.3 Å². The van der Waals surface area contributed by atoms with Gasteiger partial charge < -0.3 is 24.6 Å². The first-order chi connectivity index (χ1) is 14.3. The summed E-state index contributed by atoms with van der Waals surface area (Å²) in [6.45, 7) is 2.08. The number of hydrogen-bond donors (Lipinski definition) is 1. The summed E-state index contributed by atoms with van der Waals surface area (Å²) >= 11 is 0. The molecule has 0 bridgehead atoms.